The van der Waals surface area contributed by atoms with Gasteiger partial charge < -0.3 is 10.0 Å². The molecule has 1 heterocycles. The maximum atomic E-state index is 8.97. The molecule has 3 heteroatoms. The summed E-state index contributed by atoms with van der Waals surface area (Å²) in [5.74, 6) is 0.904. The quantitative estimate of drug-likeness (QED) is 0.759. The second-order valence-electron chi connectivity index (χ2n) is 3.28. The van der Waals surface area contributed by atoms with Gasteiger partial charge >= 0.3 is 0 Å². The van der Waals surface area contributed by atoms with E-state index in [1.807, 2.05) is 44.0 Å². The van der Waals surface area contributed by atoms with Crippen LogP contribution in [0.15, 0.2) is 18.2 Å². The molecule has 1 unspecified atom stereocenters. The lowest BCUT2D eigenvalue weighted by atomic mass is 10.3. The van der Waals surface area contributed by atoms with Gasteiger partial charge in [-0.15, -0.1) is 0 Å². The molecule has 0 aromatic carbocycles. The van der Waals surface area contributed by atoms with Crippen molar-refractivity contribution in [3.8, 4) is 0 Å². The molecule has 0 amide bonds. The summed E-state index contributed by atoms with van der Waals surface area (Å²) in [5, 5.41) is 8.97. The highest BCUT2D eigenvalue weighted by Gasteiger charge is 2.08. The molecule has 0 aliphatic carbocycles. The smallest absolute Gasteiger partial charge is 0.128 e. The maximum Gasteiger partial charge on any atom is 0.128 e. The zero-order chi connectivity index (χ0) is 9.84. The van der Waals surface area contributed by atoms with Gasteiger partial charge in [-0.05, 0) is 26.0 Å². The number of pyridine rings is 1. The molecule has 72 valence electrons. The Morgan fingerprint density at radius 1 is 1.54 bits per heavy atom. The molecule has 1 aromatic heterocycles. The van der Waals surface area contributed by atoms with Gasteiger partial charge in [0.05, 0.1) is 12.6 Å². The molecule has 0 saturated heterocycles. The fourth-order valence-electron chi connectivity index (χ4n) is 1.07. The molecule has 0 aliphatic heterocycles. The summed E-state index contributed by atoms with van der Waals surface area (Å²) in [6.45, 7) is 4.07. The number of likely N-dealkylation sites (N-methyl/N-ethyl adjacent to an activating group) is 1. The minimum Gasteiger partial charge on any atom is -0.394 e. The highest BCUT2D eigenvalue weighted by atomic mass is 16.3. The molecule has 13 heavy (non-hydrogen) atoms. The molecule has 0 saturated carbocycles. The molecular formula is C10H16N2O. The van der Waals surface area contributed by atoms with Gasteiger partial charge in [0.1, 0.15) is 5.82 Å². The van der Waals surface area contributed by atoms with E-state index < -0.39 is 0 Å². The van der Waals surface area contributed by atoms with Gasteiger partial charge in [0, 0.05) is 12.7 Å². The van der Waals surface area contributed by atoms with Crippen LogP contribution in [0.4, 0.5) is 5.82 Å². The number of nitrogens with zero attached hydrogens (tertiary/aromatic N) is 2. The van der Waals surface area contributed by atoms with Crippen molar-refractivity contribution < 1.29 is 5.11 Å². The number of hydrogen-bond acceptors (Lipinski definition) is 3. The summed E-state index contributed by atoms with van der Waals surface area (Å²) in [6, 6.07) is 5.98. The van der Waals surface area contributed by atoms with Crippen LogP contribution in [0.5, 0.6) is 0 Å². The fraction of sp³-hybridized carbons (Fsp3) is 0.500. The summed E-state index contributed by atoms with van der Waals surface area (Å²) in [7, 11) is 1.93. The first-order chi connectivity index (χ1) is 6.15. The summed E-state index contributed by atoms with van der Waals surface area (Å²) < 4.78 is 0. The summed E-state index contributed by atoms with van der Waals surface area (Å²) in [6.07, 6.45) is 0. The number of aliphatic hydroxyl groups is 1. The third kappa shape index (κ3) is 2.42. The van der Waals surface area contributed by atoms with Crippen LogP contribution in [0.1, 0.15) is 12.6 Å². The van der Waals surface area contributed by atoms with Crippen molar-refractivity contribution in [2.45, 2.75) is 19.9 Å². The standard InChI is InChI=1S/C10H16N2O/c1-8-5-4-6-10(11-8)12(3)9(2)7-13/h4-6,9,13H,7H2,1-3H3. The van der Waals surface area contributed by atoms with E-state index in [4.69, 9.17) is 5.11 Å². The normalized spacial score (nSPS) is 12.6. The second-order valence-corrected chi connectivity index (χ2v) is 3.28. The van der Waals surface area contributed by atoms with Crippen LogP contribution < -0.4 is 4.90 Å². The summed E-state index contributed by atoms with van der Waals surface area (Å²) in [4.78, 5) is 6.32. The van der Waals surface area contributed by atoms with Crippen LogP contribution in [-0.4, -0.2) is 29.8 Å². The molecule has 1 aromatic rings. The van der Waals surface area contributed by atoms with Crippen LogP contribution in [0, 0.1) is 6.92 Å². The van der Waals surface area contributed by atoms with Crippen LogP contribution in [-0.2, 0) is 0 Å². The molecule has 0 radical (unpaired) electrons. The Morgan fingerprint density at radius 2 is 2.23 bits per heavy atom. The molecule has 0 bridgehead atoms. The predicted octanol–water partition coefficient (Wildman–Crippen LogP) is 1.21. The Balaban J connectivity index is 2.82. The first-order valence-electron chi connectivity index (χ1n) is 4.42. The van der Waals surface area contributed by atoms with E-state index in [0.29, 0.717) is 0 Å². The number of rotatable bonds is 3. The Hall–Kier alpha value is -1.09. The average molecular weight is 180 g/mol. The van der Waals surface area contributed by atoms with Gasteiger partial charge in [0.15, 0.2) is 0 Å². The third-order valence-electron chi connectivity index (χ3n) is 2.16. The molecule has 0 aliphatic rings. The minimum absolute atomic E-state index is 0.106. The van der Waals surface area contributed by atoms with E-state index in [1.165, 1.54) is 0 Å². The lowest BCUT2D eigenvalue weighted by Crippen LogP contribution is -2.32. The zero-order valence-electron chi connectivity index (χ0n) is 8.36. The van der Waals surface area contributed by atoms with Crippen molar-refractivity contribution in [2.75, 3.05) is 18.6 Å². The van der Waals surface area contributed by atoms with Crippen molar-refractivity contribution in [3.63, 3.8) is 0 Å². The Kier molecular flexibility index (Phi) is 3.25. The average Bonchev–Trinajstić information content (AvgIpc) is 2.15. The van der Waals surface area contributed by atoms with Gasteiger partial charge in [0.25, 0.3) is 0 Å². The van der Waals surface area contributed by atoms with E-state index in [9.17, 15) is 0 Å². The van der Waals surface area contributed by atoms with E-state index in [2.05, 4.69) is 4.98 Å². The topological polar surface area (TPSA) is 36.4 Å². The fourth-order valence-corrected chi connectivity index (χ4v) is 1.07. The maximum absolute atomic E-state index is 8.97. The van der Waals surface area contributed by atoms with E-state index >= 15 is 0 Å². The second kappa shape index (κ2) is 4.23. The number of hydrogen-bond donors (Lipinski definition) is 1. The Bertz CT molecular complexity index is 275. The van der Waals surface area contributed by atoms with Crippen molar-refractivity contribution in [3.05, 3.63) is 23.9 Å². The lowest BCUT2D eigenvalue weighted by molar-refractivity contribution is 0.270. The van der Waals surface area contributed by atoms with Gasteiger partial charge in [-0.1, -0.05) is 6.07 Å². The van der Waals surface area contributed by atoms with Gasteiger partial charge in [-0.3, -0.25) is 0 Å². The molecular weight excluding hydrogens is 164 g/mol. The van der Waals surface area contributed by atoms with Crippen molar-refractivity contribution in [2.24, 2.45) is 0 Å². The molecule has 1 rings (SSSR count). The molecule has 1 atom stereocenters. The molecule has 0 fully saturated rings. The number of anilines is 1. The first kappa shape index (κ1) is 9.99. The van der Waals surface area contributed by atoms with E-state index in [1.54, 1.807) is 0 Å². The number of aliphatic hydroxyl groups excluding tert-OH is 1. The molecule has 0 spiro atoms. The van der Waals surface area contributed by atoms with Crippen molar-refractivity contribution in [1.29, 1.82) is 0 Å². The van der Waals surface area contributed by atoms with Crippen molar-refractivity contribution in [1.82, 2.24) is 4.98 Å². The Labute approximate surface area is 79.0 Å². The SMILES string of the molecule is Cc1cccc(N(C)C(C)CO)n1. The highest BCUT2D eigenvalue weighted by Crippen LogP contribution is 2.11. The minimum atomic E-state index is 0.106. The first-order valence-corrected chi connectivity index (χ1v) is 4.42. The zero-order valence-corrected chi connectivity index (χ0v) is 8.36. The van der Waals surface area contributed by atoms with Crippen LogP contribution in [0.3, 0.4) is 0 Å². The third-order valence-corrected chi connectivity index (χ3v) is 2.16. The van der Waals surface area contributed by atoms with E-state index in [0.717, 1.165) is 11.5 Å². The predicted molar refractivity (Wildman–Crippen MR) is 53.9 cm³/mol. The Morgan fingerprint density at radius 3 is 2.77 bits per heavy atom. The number of aryl methyl sites for hydroxylation is 1. The lowest BCUT2D eigenvalue weighted by Gasteiger charge is -2.24. The molecule has 3 nitrogen and oxygen atoms in total. The van der Waals surface area contributed by atoms with Crippen LogP contribution in [0.2, 0.25) is 0 Å². The van der Waals surface area contributed by atoms with Crippen molar-refractivity contribution >= 4 is 5.82 Å². The van der Waals surface area contributed by atoms with Crippen LogP contribution >= 0.6 is 0 Å². The summed E-state index contributed by atoms with van der Waals surface area (Å²) in [5.41, 5.74) is 0.995. The molecule has 1 N–H and O–H groups in total. The van der Waals surface area contributed by atoms with Gasteiger partial charge in [0.2, 0.25) is 0 Å². The van der Waals surface area contributed by atoms with E-state index in [-0.39, 0.29) is 12.6 Å². The monoisotopic (exact) mass is 180 g/mol. The van der Waals surface area contributed by atoms with Crippen LogP contribution in [0.25, 0.3) is 0 Å². The largest absolute Gasteiger partial charge is 0.394 e. The van der Waals surface area contributed by atoms with Gasteiger partial charge in [-0.2, -0.15) is 0 Å². The van der Waals surface area contributed by atoms with Gasteiger partial charge in [-0.25, -0.2) is 4.98 Å². The highest BCUT2D eigenvalue weighted by molar-refractivity contribution is 5.39. The summed E-state index contributed by atoms with van der Waals surface area (Å²) >= 11 is 0. The number of aromatic nitrogens is 1.